The summed E-state index contributed by atoms with van der Waals surface area (Å²) in [6, 6.07) is 26.5. The van der Waals surface area contributed by atoms with Gasteiger partial charge >= 0.3 is 0 Å². The second kappa shape index (κ2) is 17.8. The minimum Gasteiger partial charge on any atom is -0.489 e. The fraction of sp³-hybridized carbons (Fsp3) is 0.261. The lowest BCUT2D eigenvalue weighted by Crippen LogP contribution is -2.47. The number of H-pyrrole nitrogens is 1. The topological polar surface area (TPSA) is 160 Å². The summed E-state index contributed by atoms with van der Waals surface area (Å²) in [6.07, 6.45) is 6.39. The van der Waals surface area contributed by atoms with Gasteiger partial charge in [-0.05, 0) is 109 Å². The Morgan fingerprint density at radius 3 is 2.37 bits per heavy atom. The predicted molar refractivity (Wildman–Crippen MR) is 241 cm³/mol. The number of nitro benzene ring substituents is 1. The monoisotopic (exact) mass is 894 g/mol. The molecule has 1 amide bonds. The molecule has 1 fully saturated rings. The number of piperazine rings is 1. The van der Waals surface area contributed by atoms with Crippen LogP contribution in [0.2, 0.25) is 10.0 Å². The summed E-state index contributed by atoms with van der Waals surface area (Å²) in [6.45, 7) is 8.23. The lowest BCUT2D eigenvalue weighted by Gasteiger charge is -2.39. The van der Waals surface area contributed by atoms with Gasteiger partial charge in [0, 0.05) is 77.7 Å². The van der Waals surface area contributed by atoms with Gasteiger partial charge in [0.15, 0.2) is 0 Å². The molecule has 8 rings (SSSR count). The van der Waals surface area contributed by atoms with Crippen LogP contribution in [0.1, 0.15) is 54.6 Å². The Kier molecular flexibility index (Phi) is 12.3. The highest BCUT2D eigenvalue weighted by Gasteiger charge is 2.31. The summed E-state index contributed by atoms with van der Waals surface area (Å²) in [5.74, 6) is -0.312. The first-order valence-electron chi connectivity index (χ1n) is 20.1. The summed E-state index contributed by atoms with van der Waals surface area (Å²) in [5, 5.41) is 13.8. The Morgan fingerprint density at radius 2 is 1.65 bits per heavy atom. The average Bonchev–Trinajstić information content (AvgIpc) is 3.72. The molecule has 13 nitrogen and oxygen atoms in total. The molecule has 1 aliphatic carbocycles. The van der Waals surface area contributed by atoms with Gasteiger partial charge in [-0.15, -0.1) is 0 Å². The maximum Gasteiger partial charge on any atom is 0.276 e. The van der Waals surface area contributed by atoms with E-state index in [4.69, 9.17) is 32.7 Å². The molecule has 1 saturated heterocycles. The van der Waals surface area contributed by atoms with Crippen LogP contribution in [-0.2, 0) is 16.6 Å². The molecule has 2 N–H and O–H groups in total. The van der Waals surface area contributed by atoms with Crippen molar-refractivity contribution in [2.75, 3.05) is 37.6 Å². The fourth-order valence-electron chi connectivity index (χ4n) is 7.94. The quantitative estimate of drug-likeness (QED) is 0.0844. The number of nitrogens with zero attached hydrogens (tertiary/aromatic N) is 4. The number of benzene rings is 4. The number of hydrogen-bond acceptors (Lipinski definition) is 10. The van der Waals surface area contributed by atoms with Gasteiger partial charge in [-0.1, -0.05) is 54.8 Å². The summed E-state index contributed by atoms with van der Waals surface area (Å²) in [7, 11) is -4.57. The van der Waals surface area contributed by atoms with Gasteiger partial charge in [0.05, 0.1) is 16.7 Å². The number of nitrogens with one attached hydrogen (secondary N) is 2. The van der Waals surface area contributed by atoms with Crippen molar-refractivity contribution in [3.63, 3.8) is 0 Å². The highest BCUT2D eigenvalue weighted by atomic mass is 35.5. The van der Waals surface area contributed by atoms with E-state index in [0.29, 0.717) is 35.3 Å². The second-order valence-corrected chi connectivity index (χ2v) is 18.8. The maximum atomic E-state index is 14.1. The van der Waals surface area contributed by atoms with Gasteiger partial charge in [-0.3, -0.25) is 19.8 Å². The van der Waals surface area contributed by atoms with E-state index in [1.807, 2.05) is 18.2 Å². The molecule has 0 bridgehead atoms. The van der Waals surface area contributed by atoms with Gasteiger partial charge in [-0.25, -0.2) is 18.1 Å². The number of anilines is 1. The fourth-order valence-corrected chi connectivity index (χ4v) is 9.28. The third-order valence-corrected chi connectivity index (χ3v) is 13.2. The number of sulfonamides is 1. The Balaban J connectivity index is 1.02. The molecule has 3 heterocycles. The first-order valence-corrected chi connectivity index (χ1v) is 22.4. The van der Waals surface area contributed by atoms with Crippen LogP contribution >= 0.6 is 23.2 Å². The first-order chi connectivity index (χ1) is 29.7. The van der Waals surface area contributed by atoms with Gasteiger partial charge in [0.1, 0.15) is 34.4 Å². The predicted octanol–water partition coefficient (Wildman–Crippen LogP) is 10.1. The van der Waals surface area contributed by atoms with Crippen molar-refractivity contribution in [1.82, 2.24) is 19.6 Å². The van der Waals surface area contributed by atoms with Crippen LogP contribution in [0.3, 0.4) is 0 Å². The number of rotatable bonds is 13. The summed E-state index contributed by atoms with van der Waals surface area (Å²) in [5.41, 5.74) is 5.32. The largest absolute Gasteiger partial charge is 0.489 e. The van der Waals surface area contributed by atoms with E-state index in [9.17, 15) is 23.3 Å². The molecular formula is C46H44Cl2N6O7S. The number of carbonyl (C=O) groups is 1. The normalized spacial score (nSPS) is 15.7. The second-order valence-electron chi connectivity index (χ2n) is 16.3. The standard InChI is InChI=1S/C46H44Cl2N6O7S/c1-46(2)17-15-33(40(26-46)30-3-6-35(47)7-4-30)28-52-19-21-53(22-20-52)37-10-14-43(42(25-37)61-39-24-31-16-18-49-44(31)50-27-39)62(58,59)51-45(55)32-5-13-41(54(56)57)34(23-32)29-60-38-11-8-36(48)9-12-38/h3-14,16,18,23-25,27H,15,17,19-22,26,28-29H2,1-2H3,(H,49,50)(H,51,55). The zero-order valence-electron chi connectivity index (χ0n) is 34.1. The van der Waals surface area contributed by atoms with E-state index in [-0.39, 0.29) is 39.5 Å². The molecule has 0 unspecified atom stereocenters. The van der Waals surface area contributed by atoms with Crippen molar-refractivity contribution in [2.45, 2.75) is 44.6 Å². The highest BCUT2D eigenvalue weighted by Crippen LogP contribution is 2.43. The molecule has 320 valence electrons. The van der Waals surface area contributed by atoms with Gasteiger partial charge in [-0.2, -0.15) is 0 Å². The Labute approximate surface area is 369 Å². The van der Waals surface area contributed by atoms with Gasteiger partial charge in [0.25, 0.3) is 21.6 Å². The van der Waals surface area contributed by atoms with Crippen LogP contribution in [0.15, 0.2) is 120 Å². The van der Waals surface area contributed by atoms with Crippen LogP contribution in [0.5, 0.6) is 17.2 Å². The van der Waals surface area contributed by atoms with E-state index >= 15 is 0 Å². The van der Waals surface area contributed by atoms with Crippen molar-refractivity contribution in [2.24, 2.45) is 5.41 Å². The number of halogens is 2. The third kappa shape index (κ3) is 9.89. The molecule has 0 spiro atoms. The van der Waals surface area contributed by atoms with Gasteiger partial charge < -0.3 is 19.4 Å². The van der Waals surface area contributed by atoms with Crippen molar-refractivity contribution >= 4 is 67.1 Å². The molecular weight excluding hydrogens is 852 g/mol. The number of allylic oxidation sites excluding steroid dienone is 1. The molecule has 62 heavy (non-hydrogen) atoms. The zero-order valence-corrected chi connectivity index (χ0v) is 36.4. The SMILES string of the molecule is CC1(C)CCC(CN2CCN(c3ccc(S(=O)(=O)NC(=O)c4ccc([N+](=O)[O-])c(COc5ccc(Cl)cc5)c4)c(Oc4cnc5[nH]ccc5c4)c3)CC2)=C(c2ccc(Cl)cc2)C1. The molecule has 6 aromatic rings. The number of pyridine rings is 1. The van der Waals surface area contributed by atoms with Crippen molar-refractivity contribution in [1.29, 1.82) is 0 Å². The van der Waals surface area contributed by atoms with E-state index in [2.05, 4.69) is 50.5 Å². The van der Waals surface area contributed by atoms with E-state index in [1.165, 1.54) is 41.1 Å². The number of ether oxygens (including phenoxy) is 2. The number of carbonyl (C=O) groups excluding carboxylic acids is 1. The summed E-state index contributed by atoms with van der Waals surface area (Å²) in [4.78, 5) is 36.7. The van der Waals surface area contributed by atoms with E-state index in [1.54, 1.807) is 48.7 Å². The number of fused-ring (bicyclic) bond motifs is 1. The third-order valence-electron chi connectivity index (χ3n) is 11.3. The summed E-state index contributed by atoms with van der Waals surface area (Å²) < 4.78 is 42.3. The Morgan fingerprint density at radius 1 is 0.919 bits per heavy atom. The van der Waals surface area contributed by atoms with Crippen molar-refractivity contribution in [3.05, 3.63) is 152 Å². The van der Waals surface area contributed by atoms with Crippen molar-refractivity contribution in [3.8, 4) is 17.2 Å². The molecule has 0 atom stereocenters. The van der Waals surface area contributed by atoms with Gasteiger partial charge in [0.2, 0.25) is 0 Å². The Bertz CT molecular complexity index is 2790. The van der Waals surface area contributed by atoms with E-state index < -0.39 is 20.9 Å². The molecule has 2 aromatic heterocycles. The maximum absolute atomic E-state index is 14.1. The lowest BCUT2D eigenvalue weighted by atomic mass is 9.72. The highest BCUT2D eigenvalue weighted by molar-refractivity contribution is 7.90. The molecule has 2 aliphatic rings. The smallest absolute Gasteiger partial charge is 0.276 e. The lowest BCUT2D eigenvalue weighted by molar-refractivity contribution is -0.385. The average molecular weight is 896 g/mol. The Hall–Kier alpha value is -5.93. The van der Waals surface area contributed by atoms with Crippen LogP contribution in [-0.4, -0.2) is 66.8 Å². The molecule has 0 radical (unpaired) electrons. The number of aromatic nitrogens is 2. The number of nitro groups is 1. The minimum absolute atomic E-state index is 0.00903. The van der Waals surface area contributed by atoms with Crippen molar-refractivity contribution < 1.29 is 27.6 Å². The molecule has 4 aromatic carbocycles. The first kappa shape index (κ1) is 42.7. The number of amides is 1. The zero-order chi connectivity index (χ0) is 43.6. The summed E-state index contributed by atoms with van der Waals surface area (Å²) >= 11 is 12.2. The molecule has 16 heteroatoms. The minimum atomic E-state index is -4.57. The van der Waals surface area contributed by atoms with Crippen LogP contribution < -0.4 is 19.1 Å². The van der Waals surface area contributed by atoms with Crippen LogP contribution in [0, 0.1) is 15.5 Å². The van der Waals surface area contributed by atoms with Crippen LogP contribution in [0.25, 0.3) is 16.6 Å². The number of hydrogen-bond donors (Lipinski definition) is 2. The number of aromatic amines is 1. The molecule has 0 saturated carbocycles. The van der Waals surface area contributed by atoms with Crippen LogP contribution in [0.4, 0.5) is 11.4 Å². The molecule has 1 aliphatic heterocycles. The van der Waals surface area contributed by atoms with E-state index in [0.717, 1.165) is 61.1 Å².